The van der Waals surface area contributed by atoms with Gasteiger partial charge in [-0.15, -0.1) is 0 Å². The van der Waals surface area contributed by atoms with Crippen LogP contribution in [0, 0.1) is 0 Å². The normalized spacial score (nSPS) is 14.6. The van der Waals surface area contributed by atoms with Crippen LogP contribution >= 0.6 is 0 Å². The number of aromatic nitrogens is 2. The lowest BCUT2D eigenvalue weighted by atomic mass is 10.1. The molecule has 11 nitrogen and oxygen atoms in total. The van der Waals surface area contributed by atoms with Gasteiger partial charge in [0.2, 0.25) is 15.9 Å². The number of likely N-dealkylation sites (N-methyl/N-ethyl adjacent to an activating group) is 1. The summed E-state index contributed by atoms with van der Waals surface area (Å²) in [5.41, 5.74) is 0.157. The van der Waals surface area contributed by atoms with Crippen LogP contribution in [0.5, 0.6) is 11.5 Å². The van der Waals surface area contributed by atoms with E-state index in [1.807, 2.05) is 42.2 Å². The van der Waals surface area contributed by atoms with Crippen LogP contribution in [-0.2, 0) is 21.4 Å². The molecule has 0 spiro atoms. The Morgan fingerprint density at radius 1 is 0.976 bits per heavy atom. The van der Waals surface area contributed by atoms with Gasteiger partial charge >= 0.3 is 0 Å². The summed E-state index contributed by atoms with van der Waals surface area (Å²) in [5.74, 6) is 1.22. The predicted molar refractivity (Wildman–Crippen MR) is 156 cm³/mol. The Kier molecular flexibility index (Phi) is 8.25. The van der Waals surface area contributed by atoms with Crippen LogP contribution in [0.2, 0.25) is 0 Å². The van der Waals surface area contributed by atoms with Gasteiger partial charge in [-0.25, -0.2) is 13.4 Å². The van der Waals surface area contributed by atoms with Crippen molar-refractivity contribution in [3.63, 3.8) is 0 Å². The van der Waals surface area contributed by atoms with Gasteiger partial charge in [0.05, 0.1) is 43.1 Å². The first-order valence-electron chi connectivity index (χ1n) is 13.4. The van der Waals surface area contributed by atoms with Crippen LogP contribution < -0.4 is 15.0 Å². The highest BCUT2D eigenvalue weighted by atomic mass is 32.2. The number of carbonyl (C=O) groups excluding carboxylic acids is 1. The van der Waals surface area contributed by atoms with Crippen LogP contribution in [0.15, 0.2) is 64.3 Å². The van der Waals surface area contributed by atoms with E-state index in [1.54, 1.807) is 29.2 Å². The lowest BCUT2D eigenvalue weighted by molar-refractivity contribution is -0.133. The smallest absolute Gasteiger partial charge is 0.258 e. The van der Waals surface area contributed by atoms with Crippen LogP contribution in [0.4, 0.5) is 0 Å². The molecule has 0 unspecified atom stereocenters. The second kappa shape index (κ2) is 11.9. The molecule has 1 aromatic heterocycles. The molecule has 1 N–H and O–H groups in total. The van der Waals surface area contributed by atoms with Crippen molar-refractivity contribution in [3.8, 4) is 11.5 Å². The van der Waals surface area contributed by atoms with E-state index in [9.17, 15) is 18.0 Å². The van der Waals surface area contributed by atoms with Gasteiger partial charge in [-0.3, -0.25) is 14.5 Å². The summed E-state index contributed by atoms with van der Waals surface area (Å²) in [6.45, 7) is 3.89. The number of ether oxygens (including phenoxy) is 2. The van der Waals surface area contributed by atoms with Crippen molar-refractivity contribution in [2.24, 2.45) is 0 Å². The molecule has 0 saturated carbocycles. The van der Waals surface area contributed by atoms with Gasteiger partial charge in [0.25, 0.3) is 5.56 Å². The maximum Gasteiger partial charge on any atom is 0.258 e. The molecule has 1 amide bonds. The third-order valence-electron chi connectivity index (χ3n) is 7.39. The molecule has 0 atom stereocenters. The number of benzene rings is 3. The summed E-state index contributed by atoms with van der Waals surface area (Å²) in [4.78, 5) is 37.1. The second-order valence-corrected chi connectivity index (χ2v) is 11.8. The first-order valence-corrected chi connectivity index (χ1v) is 14.8. The first-order chi connectivity index (χ1) is 19.7. The Labute approximate surface area is 238 Å². The SMILES string of the molecule is CCN(CC(=O)N1CCN(S(=O)(=O)c2ccc3ccccc3c2)CC1)Cc1nc2cc(OC)c(OC)cc2c(=O)[nH]1. The number of sulfonamides is 1. The molecule has 2 heterocycles. The molecule has 3 aromatic carbocycles. The number of hydrogen-bond acceptors (Lipinski definition) is 8. The van der Waals surface area contributed by atoms with Crippen molar-refractivity contribution in [1.82, 2.24) is 24.1 Å². The summed E-state index contributed by atoms with van der Waals surface area (Å²) in [7, 11) is -0.662. The summed E-state index contributed by atoms with van der Waals surface area (Å²) in [6, 6.07) is 16.0. The van der Waals surface area contributed by atoms with Crippen molar-refractivity contribution in [3.05, 3.63) is 70.8 Å². The lowest BCUT2D eigenvalue weighted by Gasteiger charge is -2.35. The summed E-state index contributed by atoms with van der Waals surface area (Å²) in [6.07, 6.45) is 0. The Morgan fingerprint density at radius 2 is 1.66 bits per heavy atom. The first kappa shape index (κ1) is 28.5. The maximum absolute atomic E-state index is 13.3. The van der Waals surface area contributed by atoms with E-state index >= 15 is 0 Å². The van der Waals surface area contributed by atoms with Crippen molar-refractivity contribution in [1.29, 1.82) is 0 Å². The topological polar surface area (TPSA) is 125 Å². The monoisotopic (exact) mass is 579 g/mol. The van der Waals surface area contributed by atoms with Gasteiger partial charge in [-0.1, -0.05) is 37.3 Å². The highest BCUT2D eigenvalue weighted by Crippen LogP contribution is 2.30. The summed E-state index contributed by atoms with van der Waals surface area (Å²) >= 11 is 0. The van der Waals surface area contributed by atoms with Crippen molar-refractivity contribution < 1.29 is 22.7 Å². The van der Waals surface area contributed by atoms with Gasteiger partial charge in [0.15, 0.2) is 11.5 Å². The van der Waals surface area contributed by atoms with E-state index in [0.717, 1.165) is 10.8 Å². The number of hydrogen-bond donors (Lipinski definition) is 1. The third-order valence-corrected chi connectivity index (χ3v) is 9.28. The molecule has 1 fully saturated rings. The third kappa shape index (κ3) is 5.90. The number of nitrogens with one attached hydrogen (secondary N) is 1. The number of piperazine rings is 1. The predicted octanol–water partition coefficient (Wildman–Crippen LogP) is 2.45. The number of amides is 1. The molecule has 0 bridgehead atoms. The van der Waals surface area contributed by atoms with E-state index in [4.69, 9.17) is 9.47 Å². The largest absolute Gasteiger partial charge is 0.493 e. The van der Waals surface area contributed by atoms with Gasteiger partial charge in [-0.2, -0.15) is 4.31 Å². The van der Waals surface area contributed by atoms with E-state index in [2.05, 4.69) is 9.97 Å². The molecule has 216 valence electrons. The molecule has 1 saturated heterocycles. The van der Waals surface area contributed by atoms with Crippen LogP contribution in [-0.4, -0.2) is 91.9 Å². The molecule has 12 heteroatoms. The fourth-order valence-electron chi connectivity index (χ4n) is 5.03. The second-order valence-electron chi connectivity index (χ2n) is 9.83. The molecule has 1 aliphatic rings. The minimum atomic E-state index is -3.68. The highest BCUT2D eigenvalue weighted by molar-refractivity contribution is 7.89. The molecule has 4 aromatic rings. The molecule has 1 aliphatic heterocycles. The van der Waals surface area contributed by atoms with Crippen LogP contribution in [0.3, 0.4) is 0 Å². The summed E-state index contributed by atoms with van der Waals surface area (Å²) < 4.78 is 38.6. The Bertz CT molecular complexity index is 1750. The number of nitrogens with zero attached hydrogens (tertiary/aromatic N) is 4. The fraction of sp³-hybridized carbons (Fsp3) is 0.345. The standard InChI is InChI=1S/C29H33N5O6S/c1-4-32(18-27-30-24-17-26(40-3)25(39-2)16-23(24)29(36)31-27)19-28(35)33-11-13-34(14-12-33)41(37,38)22-10-9-20-7-5-6-8-21(20)15-22/h5-10,15-17H,4,11-14,18-19H2,1-3H3,(H,30,31,36). The molecular weight excluding hydrogens is 546 g/mol. The van der Waals surface area contributed by atoms with Gasteiger partial charge < -0.3 is 19.4 Å². The Morgan fingerprint density at radius 3 is 2.34 bits per heavy atom. The van der Waals surface area contributed by atoms with E-state index in [-0.39, 0.29) is 42.5 Å². The molecule has 5 rings (SSSR count). The zero-order chi connectivity index (χ0) is 29.1. The number of carbonyl (C=O) groups is 1. The average Bonchev–Trinajstić information content (AvgIpc) is 2.99. The quantitative estimate of drug-likeness (QED) is 0.321. The number of H-pyrrole nitrogens is 1. The van der Waals surface area contributed by atoms with Crippen LogP contribution in [0.25, 0.3) is 21.7 Å². The minimum Gasteiger partial charge on any atom is -0.493 e. The zero-order valence-corrected chi connectivity index (χ0v) is 24.1. The molecule has 41 heavy (non-hydrogen) atoms. The lowest BCUT2D eigenvalue weighted by Crippen LogP contribution is -2.52. The Hall–Kier alpha value is -4.00. The van der Waals surface area contributed by atoms with Crippen molar-refractivity contribution in [2.45, 2.75) is 18.4 Å². The fourth-order valence-corrected chi connectivity index (χ4v) is 6.48. The molecular formula is C29H33N5O6S. The van der Waals surface area contributed by atoms with Gasteiger partial charge in [0, 0.05) is 32.2 Å². The van der Waals surface area contributed by atoms with Gasteiger partial charge in [0.1, 0.15) is 5.82 Å². The van der Waals surface area contributed by atoms with E-state index in [1.165, 1.54) is 18.5 Å². The number of aromatic amines is 1. The molecule has 0 aliphatic carbocycles. The summed E-state index contributed by atoms with van der Waals surface area (Å²) in [5, 5.41) is 2.22. The van der Waals surface area contributed by atoms with Crippen LogP contribution in [0.1, 0.15) is 12.7 Å². The maximum atomic E-state index is 13.3. The van der Waals surface area contributed by atoms with E-state index < -0.39 is 10.0 Å². The van der Waals surface area contributed by atoms with E-state index in [0.29, 0.717) is 47.9 Å². The number of rotatable bonds is 9. The number of fused-ring (bicyclic) bond motifs is 2. The number of methoxy groups -OCH3 is 2. The van der Waals surface area contributed by atoms with Gasteiger partial charge in [-0.05, 0) is 35.5 Å². The average molecular weight is 580 g/mol. The Balaban J connectivity index is 1.23. The molecule has 0 radical (unpaired) electrons. The minimum absolute atomic E-state index is 0.107. The van der Waals surface area contributed by atoms with Crippen molar-refractivity contribution >= 4 is 37.6 Å². The zero-order valence-electron chi connectivity index (χ0n) is 23.3. The van der Waals surface area contributed by atoms with Crippen molar-refractivity contribution in [2.75, 3.05) is 53.5 Å². The highest BCUT2D eigenvalue weighted by Gasteiger charge is 2.30.